The zero-order chi connectivity index (χ0) is 28.7. The highest BCUT2D eigenvalue weighted by atomic mass is 32.1. The number of halogens is 3. The van der Waals surface area contributed by atoms with Crippen LogP contribution in [0.4, 0.5) is 23.1 Å². The molecule has 3 aromatic rings. The summed E-state index contributed by atoms with van der Waals surface area (Å²) in [6.07, 6.45) is -2.68. The van der Waals surface area contributed by atoms with Gasteiger partial charge in [0, 0.05) is 11.1 Å². The Kier molecular flexibility index (Phi) is 9.24. The average Bonchev–Trinajstić information content (AvgIpc) is 3.31. The van der Waals surface area contributed by atoms with Gasteiger partial charge in [-0.2, -0.15) is 13.2 Å². The van der Waals surface area contributed by atoms with Crippen LogP contribution in [0.5, 0.6) is 0 Å². The maximum Gasteiger partial charge on any atom is 0.490 e. The number of benzene rings is 2. The number of carbonyl (C=O) groups is 4. The molecular weight excluding hydrogens is 541 g/mol. The van der Waals surface area contributed by atoms with E-state index in [2.05, 4.69) is 10.3 Å². The van der Waals surface area contributed by atoms with E-state index in [1.807, 2.05) is 60.7 Å². The van der Waals surface area contributed by atoms with Crippen molar-refractivity contribution in [3.63, 3.8) is 0 Å². The monoisotopic (exact) mass is 564 g/mol. The molecule has 10 nitrogen and oxygen atoms in total. The molecule has 2 heterocycles. The lowest BCUT2D eigenvalue weighted by Crippen LogP contribution is -2.68. The lowest BCUT2D eigenvalue weighted by molar-refractivity contribution is -0.192. The van der Waals surface area contributed by atoms with Gasteiger partial charge in [-0.25, -0.2) is 24.3 Å². The number of imide groups is 1. The van der Waals surface area contributed by atoms with Crippen LogP contribution in [-0.4, -0.2) is 56.2 Å². The van der Waals surface area contributed by atoms with E-state index < -0.39 is 48.1 Å². The number of carbonyl (C=O) groups excluding carboxylic acids is 2. The predicted molar refractivity (Wildman–Crippen MR) is 134 cm³/mol. The molecule has 1 aliphatic heterocycles. The number of nitrogens with two attached hydrogens (primary N) is 1. The summed E-state index contributed by atoms with van der Waals surface area (Å²) in [6.45, 7) is 0. The number of amides is 3. The number of hydrogen-bond acceptors (Lipinski definition) is 7. The van der Waals surface area contributed by atoms with Crippen molar-refractivity contribution in [3.8, 4) is 0 Å². The number of nitrogens with zero attached hydrogens (tertiary/aromatic N) is 2. The first-order valence-electron chi connectivity index (χ1n) is 11.4. The van der Waals surface area contributed by atoms with Gasteiger partial charge in [0.25, 0.3) is 0 Å². The smallest absolute Gasteiger partial charge is 0.480 e. The number of alkyl halides is 3. The molecular formula is C25H23F3N4O6S. The van der Waals surface area contributed by atoms with Crippen molar-refractivity contribution in [1.82, 2.24) is 15.2 Å². The molecule has 2 atom stereocenters. The number of thiazole rings is 1. The molecule has 0 spiro atoms. The minimum Gasteiger partial charge on any atom is -0.480 e. The molecule has 4 rings (SSSR count). The van der Waals surface area contributed by atoms with Crippen LogP contribution in [0.2, 0.25) is 0 Å². The van der Waals surface area contributed by atoms with Crippen LogP contribution in [0.1, 0.15) is 28.5 Å². The van der Waals surface area contributed by atoms with Gasteiger partial charge in [-0.15, -0.1) is 11.3 Å². The van der Waals surface area contributed by atoms with Crippen LogP contribution in [0.3, 0.4) is 0 Å². The second kappa shape index (κ2) is 12.4. The molecule has 1 saturated heterocycles. The van der Waals surface area contributed by atoms with Gasteiger partial charge < -0.3 is 21.3 Å². The van der Waals surface area contributed by atoms with Gasteiger partial charge in [0.05, 0.1) is 12.0 Å². The fraction of sp³-hybridized carbons (Fsp3) is 0.240. The molecule has 1 aromatic heterocycles. The fourth-order valence-electron chi connectivity index (χ4n) is 3.92. The van der Waals surface area contributed by atoms with Crippen molar-refractivity contribution in [3.05, 3.63) is 82.9 Å². The topological polar surface area (TPSA) is 163 Å². The van der Waals surface area contributed by atoms with Gasteiger partial charge >= 0.3 is 24.1 Å². The van der Waals surface area contributed by atoms with Gasteiger partial charge in [0.15, 0.2) is 11.2 Å². The third kappa shape index (κ3) is 7.31. The summed E-state index contributed by atoms with van der Waals surface area (Å²) in [4.78, 5) is 52.2. The normalized spacial score (nSPS) is 16.6. The van der Waals surface area contributed by atoms with E-state index in [0.717, 1.165) is 20.9 Å². The molecule has 1 aliphatic rings. The molecule has 14 heteroatoms. The van der Waals surface area contributed by atoms with Crippen LogP contribution < -0.4 is 11.1 Å². The molecule has 0 radical (unpaired) electrons. The van der Waals surface area contributed by atoms with Crippen molar-refractivity contribution in [2.24, 2.45) is 5.92 Å². The molecule has 2 aromatic carbocycles. The quantitative estimate of drug-likeness (QED) is 0.316. The summed E-state index contributed by atoms with van der Waals surface area (Å²) in [5.41, 5.74) is 7.27. The number of nitrogen functional groups attached to an aromatic ring is 1. The number of urea groups is 1. The number of hydrogen-bond donors (Lipinski definition) is 4. The number of aromatic nitrogens is 1. The Hall–Kier alpha value is -4.46. The van der Waals surface area contributed by atoms with Crippen molar-refractivity contribution >= 4 is 40.3 Å². The van der Waals surface area contributed by atoms with Gasteiger partial charge in [0.1, 0.15) is 0 Å². The maximum atomic E-state index is 13.0. The molecule has 39 heavy (non-hydrogen) atoms. The Bertz CT molecular complexity index is 1280. The van der Waals surface area contributed by atoms with Gasteiger partial charge in [-0.3, -0.25) is 4.79 Å². The van der Waals surface area contributed by atoms with E-state index >= 15 is 0 Å². The number of β-lactam (4-membered cyclic amide) rings is 1. The van der Waals surface area contributed by atoms with E-state index in [9.17, 15) is 32.7 Å². The van der Waals surface area contributed by atoms with Crippen molar-refractivity contribution in [2.45, 2.75) is 31.1 Å². The summed E-state index contributed by atoms with van der Waals surface area (Å²) in [6, 6.07) is 16.2. The Labute approximate surface area is 223 Å². The van der Waals surface area contributed by atoms with E-state index in [1.165, 1.54) is 11.3 Å². The first-order valence-corrected chi connectivity index (χ1v) is 12.2. The third-order valence-electron chi connectivity index (χ3n) is 5.74. The molecule has 0 unspecified atom stereocenters. The Balaban J connectivity index is 0.000000532. The van der Waals surface area contributed by atoms with E-state index in [1.54, 1.807) is 6.20 Å². The minimum absolute atomic E-state index is 0.308. The van der Waals surface area contributed by atoms with E-state index in [4.69, 9.17) is 15.6 Å². The predicted octanol–water partition coefficient (Wildman–Crippen LogP) is 3.70. The first-order chi connectivity index (χ1) is 18.4. The van der Waals surface area contributed by atoms with Crippen molar-refractivity contribution in [1.29, 1.82) is 0 Å². The summed E-state index contributed by atoms with van der Waals surface area (Å²) < 4.78 is 31.7. The Morgan fingerprint density at radius 1 is 1.03 bits per heavy atom. The number of carboxylic acid groups (broad SMARTS) is 2. The molecule has 3 amide bonds. The largest absolute Gasteiger partial charge is 0.490 e. The summed E-state index contributed by atoms with van der Waals surface area (Å²) in [7, 11) is 0. The number of aliphatic carboxylic acids is 2. The molecule has 0 aliphatic carbocycles. The van der Waals surface area contributed by atoms with Crippen LogP contribution in [0.15, 0.2) is 66.9 Å². The van der Waals surface area contributed by atoms with Crippen LogP contribution >= 0.6 is 11.3 Å². The van der Waals surface area contributed by atoms with Gasteiger partial charge in [-0.1, -0.05) is 60.7 Å². The Morgan fingerprint density at radius 3 is 1.95 bits per heavy atom. The van der Waals surface area contributed by atoms with Crippen molar-refractivity contribution in [2.75, 3.05) is 5.73 Å². The maximum absolute atomic E-state index is 13.0. The highest BCUT2D eigenvalue weighted by Gasteiger charge is 2.54. The molecule has 206 valence electrons. The standard InChI is InChI=1S/C23H22N4O4S.C2HF3O2/c24-22-25-13-16(32-22)11-12-17-19(21(29)30)27(20(17)28)23(31)26-18(14-7-3-1-4-8-14)15-9-5-2-6-10-15;3-2(4,5)1(6)7/h1-10,13,17-19H,11-12H2,(H2,24,25)(H,26,31)(H,29,30);(H,6,7)/t17-,19+;/m1./s1. The van der Waals surface area contributed by atoms with E-state index in [0.29, 0.717) is 18.0 Å². The van der Waals surface area contributed by atoms with Crippen molar-refractivity contribution < 1.29 is 42.6 Å². The summed E-state index contributed by atoms with van der Waals surface area (Å²) in [5, 5.41) is 20.1. The first kappa shape index (κ1) is 29.1. The number of anilines is 1. The zero-order valence-corrected chi connectivity index (χ0v) is 20.9. The lowest BCUT2D eigenvalue weighted by Gasteiger charge is -2.43. The average molecular weight is 565 g/mol. The summed E-state index contributed by atoms with van der Waals surface area (Å²) in [5.74, 6) is -5.22. The van der Waals surface area contributed by atoms with E-state index in [-0.39, 0.29) is 0 Å². The summed E-state index contributed by atoms with van der Waals surface area (Å²) >= 11 is 1.30. The number of nitrogens with one attached hydrogen (secondary N) is 1. The highest BCUT2D eigenvalue weighted by Crippen LogP contribution is 2.33. The number of rotatable bonds is 7. The fourth-order valence-corrected chi connectivity index (χ4v) is 4.62. The lowest BCUT2D eigenvalue weighted by atomic mass is 9.83. The zero-order valence-electron chi connectivity index (χ0n) is 20.0. The number of carboxylic acids is 2. The number of aryl methyl sites for hydroxylation is 1. The Morgan fingerprint density at radius 2 is 1.54 bits per heavy atom. The molecule has 1 fully saturated rings. The highest BCUT2D eigenvalue weighted by molar-refractivity contribution is 7.15. The molecule has 5 N–H and O–H groups in total. The third-order valence-corrected chi connectivity index (χ3v) is 6.62. The van der Waals surface area contributed by atoms with Gasteiger partial charge in [-0.05, 0) is 24.0 Å². The van der Waals surface area contributed by atoms with Gasteiger partial charge in [0.2, 0.25) is 5.91 Å². The molecule has 0 bridgehead atoms. The second-order valence-corrected chi connectivity index (χ2v) is 9.45. The van der Waals surface area contributed by atoms with Crippen LogP contribution in [-0.2, 0) is 20.8 Å². The van der Waals surface area contributed by atoms with Crippen LogP contribution in [0.25, 0.3) is 0 Å². The minimum atomic E-state index is -5.08. The molecule has 0 saturated carbocycles. The SMILES string of the molecule is Nc1ncc(CC[C@H]2C(=O)N(C(=O)NC(c3ccccc3)c3ccccc3)[C@@H]2C(=O)O)s1.O=C(O)C(F)(F)F. The number of likely N-dealkylation sites (tertiary alicyclic amines) is 1. The second-order valence-electron chi connectivity index (χ2n) is 8.31. The van der Waals surface area contributed by atoms with Crippen LogP contribution in [0, 0.1) is 5.92 Å².